The van der Waals surface area contributed by atoms with Crippen LogP contribution in [0.2, 0.25) is 0 Å². The van der Waals surface area contributed by atoms with E-state index in [-0.39, 0.29) is 18.9 Å². The average Bonchev–Trinajstić information content (AvgIpc) is 2.42. The summed E-state index contributed by atoms with van der Waals surface area (Å²) in [4.78, 5) is 11.7. The van der Waals surface area contributed by atoms with Gasteiger partial charge in [0.1, 0.15) is 0 Å². The van der Waals surface area contributed by atoms with Gasteiger partial charge in [0.05, 0.1) is 13.2 Å². The number of anilines is 1. The molecule has 7 heteroatoms. The number of ether oxygens (including phenoxy) is 1. The molecule has 0 aliphatic rings. The second-order valence-corrected chi connectivity index (χ2v) is 4.49. The highest BCUT2D eigenvalue weighted by Gasteiger charge is 2.26. The number of aryl methyl sites for hydroxylation is 1. The highest BCUT2D eigenvalue weighted by Crippen LogP contribution is 2.25. The minimum Gasteiger partial charge on any atom is -0.383 e. The van der Waals surface area contributed by atoms with E-state index in [0.29, 0.717) is 24.4 Å². The third-order valence-corrected chi connectivity index (χ3v) is 2.74. The summed E-state index contributed by atoms with van der Waals surface area (Å²) < 4.78 is 41.6. The van der Waals surface area contributed by atoms with E-state index in [4.69, 9.17) is 4.74 Å². The van der Waals surface area contributed by atoms with Crippen molar-refractivity contribution in [1.82, 2.24) is 5.32 Å². The summed E-state index contributed by atoms with van der Waals surface area (Å²) in [5.41, 5.74) is 0.889. The summed E-state index contributed by atoms with van der Waals surface area (Å²) in [5, 5.41) is 5.48. The van der Waals surface area contributed by atoms with E-state index in [1.807, 2.05) is 0 Å². The molecule has 4 nitrogen and oxygen atoms in total. The molecular weight excluding hydrogens is 285 g/mol. The van der Waals surface area contributed by atoms with Crippen LogP contribution in [0.25, 0.3) is 0 Å². The molecule has 118 valence electrons. The highest BCUT2D eigenvalue weighted by molar-refractivity contribution is 5.92. The number of hydrogen-bond donors (Lipinski definition) is 2. The number of methoxy groups -OCH3 is 1. The predicted octanol–water partition coefficient (Wildman–Crippen LogP) is 2.36. The zero-order valence-corrected chi connectivity index (χ0v) is 11.8. The van der Waals surface area contributed by atoms with Crippen molar-refractivity contribution in [1.29, 1.82) is 0 Å². The molecule has 21 heavy (non-hydrogen) atoms. The van der Waals surface area contributed by atoms with Gasteiger partial charge < -0.3 is 15.4 Å². The molecule has 1 rings (SSSR count). The number of carbonyl (C=O) groups is 1. The quantitative estimate of drug-likeness (QED) is 0.725. The number of nitrogens with one attached hydrogen (secondary N) is 2. The fourth-order valence-corrected chi connectivity index (χ4v) is 1.71. The molecule has 0 fully saturated rings. The van der Waals surface area contributed by atoms with E-state index in [1.165, 1.54) is 0 Å². The van der Waals surface area contributed by atoms with E-state index < -0.39 is 12.6 Å². The minimum atomic E-state index is -4.21. The molecule has 0 aliphatic heterocycles. The molecule has 1 aromatic rings. The Kier molecular flexibility index (Phi) is 7.18. The van der Waals surface area contributed by atoms with Gasteiger partial charge in [0.15, 0.2) is 0 Å². The van der Waals surface area contributed by atoms with E-state index in [0.717, 1.165) is 0 Å². The maximum atomic E-state index is 12.3. The van der Waals surface area contributed by atoms with Crippen LogP contribution in [0.1, 0.15) is 12.0 Å². The zero-order valence-electron chi connectivity index (χ0n) is 11.8. The summed E-state index contributed by atoms with van der Waals surface area (Å²) in [5.74, 6) is -0.300. The molecule has 0 heterocycles. The van der Waals surface area contributed by atoms with Crippen molar-refractivity contribution in [3.05, 3.63) is 29.8 Å². The number of para-hydroxylation sites is 1. The summed E-state index contributed by atoms with van der Waals surface area (Å²) in [7, 11) is 1.55. The van der Waals surface area contributed by atoms with Crippen molar-refractivity contribution in [3.8, 4) is 0 Å². The Morgan fingerprint density at radius 2 is 2.00 bits per heavy atom. The van der Waals surface area contributed by atoms with Gasteiger partial charge in [-0.3, -0.25) is 4.79 Å². The molecule has 0 spiro atoms. The van der Waals surface area contributed by atoms with E-state index >= 15 is 0 Å². The number of hydrogen-bond acceptors (Lipinski definition) is 3. The first-order valence-electron chi connectivity index (χ1n) is 6.56. The van der Waals surface area contributed by atoms with Crippen molar-refractivity contribution < 1.29 is 22.7 Å². The van der Waals surface area contributed by atoms with Crippen LogP contribution in [0, 0.1) is 0 Å². The number of rotatable bonds is 8. The Morgan fingerprint density at radius 1 is 1.29 bits per heavy atom. The molecule has 0 bridgehead atoms. The zero-order chi connectivity index (χ0) is 15.7. The van der Waals surface area contributed by atoms with Crippen LogP contribution in [0.3, 0.4) is 0 Å². The lowest BCUT2D eigenvalue weighted by molar-refractivity contribution is -0.133. The monoisotopic (exact) mass is 304 g/mol. The van der Waals surface area contributed by atoms with E-state index in [9.17, 15) is 18.0 Å². The summed E-state index contributed by atoms with van der Waals surface area (Å²) in [6.07, 6.45) is -5.28. The van der Waals surface area contributed by atoms with Crippen LogP contribution in [0.15, 0.2) is 24.3 Å². The summed E-state index contributed by atoms with van der Waals surface area (Å²) in [6, 6.07) is 6.50. The Morgan fingerprint density at radius 3 is 2.67 bits per heavy atom. The van der Waals surface area contributed by atoms with Gasteiger partial charge in [0.25, 0.3) is 0 Å². The Labute approximate surface area is 121 Å². The smallest absolute Gasteiger partial charge is 0.383 e. The largest absolute Gasteiger partial charge is 0.389 e. The third kappa shape index (κ3) is 7.67. The Bertz CT molecular complexity index is 450. The first-order chi connectivity index (χ1) is 9.92. The van der Waals surface area contributed by atoms with Gasteiger partial charge in [-0.05, 0) is 18.1 Å². The first-order valence-corrected chi connectivity index (χ1v) is 6.56. The first kappa shape index (κ1) is 17.5. The normalized spacial score (nSPS) is 11.4. The highest BCUT2D eigenvalue weighted by atomic mass is 19.4. The molecule has 0 atom stereocenters. The Balaban J connectivity index is 2.52. The molecule has 0 saturated carbocycles. The van der Waals surface area contributed by atoms with Gasteiger partial charge in [0.2, 0.25) is 5.91 Å². The summed E-state index contributed by atoms with van der Waals surface area (Å²) >= 11 is 0. The van der Waals surface area contributed by atoms with Crippen LogP contribution < -0.4 is 10.6 Å². The van der Waals surface area contributed by atoms with Crippen molar-refractivity contribution >= 4 is 11.6 Å². The topological polar surface area (TPSA) is 50.4 Å². The molecule has 2 N–H and O–H groups in total. The second-order valence-electron chi connectivity index (χ2n) is 4.49. The van der Waals surface area contributed by atoms with Crippen molar-refractivity contribution in [3.63, 3.8) is 0 Å². The number of benzene rings is 1. The van der Waals surface area contributed by atoms with Gasteiger partial charge in [-0.25, -0.2) is 0 Å². The van der Waals surface area contributed by atoms with Gasteiger partial charge in [0, 0.05) is 25.8 Å². The number of carbonyl (C=O) groups excluding carboxylic acids is 1. The molecule has 1 aromatic carbocycles. The van der Waals surface area contributed by atoms with Crippen molar-refractivity contribution in [2.75, 3.05) is 32.1 Å². The van der Waals surface area contributed by atoms with E-state index in [2.05, 4.69) is 10.6 Å². The van der Waals surface area contributed by atoms with Crippen LogP contribution in [-0.2, 0) is 16.0 Å². The molecule has 0 aliphatic carbocycles. The minimum absolute atomic E-state index is 0.0803. The Hall–Kier alpha value is -1.60. The van der Waals surface area contributed by atoms with E-state index in [1.54, 1.807) is 31.4 Å². The second kappa shape index (κ2) is 8.63. The fourth-order valence-electron chi connectivity index (χ4n) is 1.71. The van der Waals surface area contributed by atoms with Crippen LogP contribution in [0.5, 0.6) is 0 Å². The molecule has 0 saturated heterocycles. The standard InChI is InChI=1S/C14H19F3N2O2/c1-21-9-8-18-10-13(20)19-12-5-3-2-4-11(12)6-7-14(15,16)17/h2-5,18H,6-10H2,1H3,(H,19,20). The summed E-state index contributed by atoms with van der Waals surface area (Å²) in [6.45, 7) is 1.09. The average molecular weight is 304 g/mol. The fraction of sp³-hybridized carbons (Fsp3) is 0.500. The predicted molar refractivity (Wildman–Crippen MR) is 74.2 cm³/mol. The lowest BCUT2D eigenvalue weighted by Gasteiger charge is -2.12. The van der Waals surface area contributed by atoms with Gasteiger partial charge in [-0.2, -0.15) is 13.2 Å². The molecule has 0 aromatic heterocycles. The van der Waals surface area contributed by atoms with Gasteiger partial charge >= 0.3 is 6.18 Å². The molecule has 0 radical (unpaired) electrons. The van der Waals surface area contributed by atoms with Crippen molar-refractivity contribution in [2.45, 2.75) is 19.0 Å². The van der Waals surface area contributed by atoms with Crippen LogP contribution >= 0.6 is 0 Å². The van der Waals surface area contributed by atoms with Gasteiger partial charge in [-0.1, -0.05) is 18.2 Å². The molecular formula is C14H19F3N2O2. The maximum absolute atomic E-state index is 12.3. The molecule has 0 unspecified atom stereocenters. The lowest BCUT2D eigenvalue weighted by Crippen LogP contribution is -2.30. The number of amides is 1. The third-order valence-electron chi connectivity index (χ3n) is 2.74. The number of alkyl halides is 3. The molecule has 1 amide bonds. The maximum Gasteiger partial charge on any atom is 0.389 e. The van der Waals surface area contributed by atoms with Crippen LogP contribution in [0.4, 0.5) is 18.9 Å². The number of halogens is 3. The van der Waals surface area contributed by atoms with Gasteiger partial charge in [-0.15, -0.1) is 0 Å². The SMILES string of the molecule is COCCNCC(=O)Nc1ccccc1CCC(F)(F)F. The lowest BCUT2D eigenvalue weighted by atomic mass is 10.1. The van der Waals surface area contributed by atoms with Crippen LogP contribution in [-0.4, -0.2) is 38.9 Å². The van der Waals surface area contributed by atoms with Crippen molar-refractivity contribution in [2.24, 2.45) is 0 Å².